The molecule has 0 unspecified atom stereocenters. The Balaban J connectivity index is 2.67. The van der Waals surface area contributed by atoms with Gasteiger partial charge in [0.05, 0.1) is 13.4 Å². The molecule has 0 saturated carbocycles. The molecule has 1 N–H and O–H groups in total. The number of ether oxygens (including phenoxy) is 1. The van der Waals surface area contributed by atoms with Gasteiger partial charge in [-0.3, -0.25) is 5.41 Å². The summed E-state index contributed by atoms with van der Waals surface area (Å²) in [5.74, 6) is 0.0144. The second-order valence-electron chi connectivity index (χ2n) is 2.53. The Bertz CT molecular complexity index is 448. The summed E-state index contributed by atoms with van der Waals surface area (Å²) in [5.41, 5.74) is 1.03. The van der Waals surface area contributed by atoms with Gasteiger partial charge in [0.15, 0.2) is 11.3 Å². The fourth-order valence-corrected chi connectivity index (χ4v) is 1.15. The van der Waals surface area contributed by atoms with Crippen molar-refractivity contribution in [1.29, 1.82) is 5.41 Å². The van der Waals surface area contributed by atoms with Crippen molar-refractivity contribution in [3.8, 4) is 0 Å². The Morgan fingerprint density at radius 1 is 1.54 bits per heavy atom. The summed E-state index contributed by atoms with van der Waals surface area (Å²) in [4.78, 5) is 4.01. The first-order valence-electron chi connectivity index (χ1n) is 3.78. The van der Waals surface area contributed by atoms with Gasteiger partial charge in [0.25, 0.3) is 0 Å². The molecular weight excluding hydrogens is 168 g/mol. The molecule has 0 atom stereocenters. The average molecular weight is 176 g/mol. The van der Waals surface area contributed by atoms with Gasteiger partial charge in [-0.1, -0.05) is 0 Å². The van der Waals surface area contributed by atoms with Gasteiger partial charge in [-0.25, -0.2) is 4.98 Å². The van der Waals surface area contributed by atoms with Crippen LogP contribution in [0.25, 0.3) is 11.0 Å². The van der Waals surface area contributed by atoms with E-state index in [1.807, 2.05) is 12.1 Å². The number of furan rings is 1. The van der Waals surface area contributed by atoms with Crippen LogP contribution in [0.2, 0.25) is 0 Å². The molecule has 2 aromatic heterocycles. The number of pyridine rings is 1. The van der Waals surface area contributed by atoms with Crippen LogP contribution in [0.15, 0.2) is 29.0 Å². The predicted molar refractivity (Wildman–Crippen MR) is 47.8 cm³/mol. The van der Waals surface area contributed by atoms with Crippen LogP contribution < -0.4 is 0 Å². The lowest BCUT2D eigenvalue weighted by molar-refractivity contribution is 0.399. The van der Waals surface area contributed by atoms with Crippen molar-refractivity contribution in [3.05, 3.63) is 30.3 Å². The van der Waals surface area contributed by atoms with Crippen molar-refractivity contribution < 1.29 is 9.15 Å². The topological polar surface area (TPSA) is 59.1 Å². The fourth-order valence-electron chi connectivity index (χ4n) is 1.15. The number of hydrogen-bond acceptors (Lipinski definition) is 4. The summed E-state index contributed by atoms with van der Waals surface area (Å²) in [6, 6.07) is 3.65. The minimum absolute atomic E-state index is 0.0144. The molecule has 0 fully saturated rings. The molecule has 0 saturated heterocycles. The SMILES string of the molecule is COC(=N)c1nccc2ccoc12. The molecule has 4 heteroatoms. The maximum atomic E-state index is 7.45. The van der Waals surface area contributed by atoms with Crippen molar-refractivity contribution >= 4 is 16.9 Å². The van der Waals surface area contributed by atoms with Crippen molar-refractivity contribution in [2.45, 2.75) is 0 Å². The van der Waals surface area contributed by atoms with E-state index < -0.39 is 0 Å². The van der Waals surface area contributed by atoms with E-state index in [-0.39, 0.29) is 5.90 Å². The zero-order valence-corrected chi connectivity index (χ0v) is 7.07. The number of nitrogens with zero attached hydrogens (tertiary/aromatic N) is 1. The van der Waals surface area contributed by atoms with Gasteiger partial charge in [0.2, 0.25) is 5.90 Å². The number of fused-ring (bicyclic) bond motifs is 1. The van der Waals surface area contributed by atoms with Crippen LogP contribution >= 0.6 is 0 Å². The Labute approximate surface area is 74.7 Å². The quantitative estimate of drug-likeness (QED) is 0.532. The van der Waals surface area contributed by atoms with E-state index >= 15 is 0 Å². The summed E-state index contributed by atoms with van der Waals surface area (Å²) < 4.78 is 9.96. The largest absolute Gasteiger partial charge is 0.480 e. The number of aromatic nitrogens is 1. The molecule has 0 amide bonds. The van der Waals surface area contributed by atoms with Gasteiger partial charge < -0.3 is 9.15 Å². The molecule has 0 radical (unpaired) electrons. The van der Waals surface area contributed by atoms with Crippen molar-refractivity contribution in [3.63, 3.8) is 0 Å². The average Bonchev–Trinajstić information content (AvgIpc) is 2.63. The van der Waals surface area contributed by atoms with Crippen molar-refractivity contribution in [1.82, 2.24) is 4.98 Å². The summed E-state index contributed by atoms with van der Waals surface area (Å²) in [6.45, 7) is 0. The third-order valence-electron chi connectivity index (χ3n) is 1.79. The van der Waals surface area contributed by atoms with E-state index in [0.717, 1.165) is 5.39 Å². The Morgan fingerprint density at radius 2 is 2.38 bits per heavy atom. The van der Waals surface area contributed by atoms with E-state index in [2.05, 4.69) is 4.98 Å². The summed E-state index contributed by atoms with van der Waals surface area (Å²) in [7, 11) is 1.44. The first kappa shape index (κ1) is 7.79. The van der Waals surface area contributed by atoms with Gasteiger partial charge >= 0.3 is 0 Å². The molecular formula is C9H8N2O2. The third kappa shape index (κ3) is 1.16. The predicted octanol–water partition coefficient (Wildman–Crippen LogP) is 1.80. The van der Waals surface area contributed by atoms with Crippen LogP contribution in [-0.4, -0.2) is 18.0 Å². The van der Waals surface area contributed by atoms with Crippen LogP contribution in [0.3, 0.4) is 0 Å². The zero-order valence-electron chi connectivity index (χ0n) is 7.07. The smallest absolute Gasteiger partial charge is 0.236 e. The van der Waals surface area contributed by atoms with Gasteiger partial charge in [0.1, 0.15) is 0 Å². The van der Waals surface area contributed by atoms with Crippen molar-refractivity contribution in [2.24, 2.45) is 0 Å². The number of rotatable bonds is 1. The van der Waals surface area contributed by atoms with Crippen LogP contribution in [-0.2, 0) is 4.74 Å². The standard InChI is InChI=1S/C9H8N2O2/c1-12-9(10)7-8-6(2-4-11-7)3-5-13-8/h2-5,10H,1H3. The lowest BCUT2D eigenvalue weighted by Crippen LogP contribution is -2.03. The van der Waals surface area contributed by atoms with E-state index in [1.54, 1.807) is 12.5 Å². The highest BCUT2D eigenvalue weighted by Crippen LogP contribution is 2.17. The molecule has 0 aromatic carbocycles. The lowest BCUT2D eigenvalue weighted by Gasteiger charge is -2.00. The molecule has 2 rings (SSSR count). The highest BCUT2D eigenvalue weighted by Gasteiger charge is 2.10. The van der Waals surface area contributed by atoms with Crippen molar-refractivity contribution in [2.75, 3.05) is 7.11 Å². The number of hydrogen-bond donors (Lipinski definition) is 1. The first-order valence-corrected chi connectivity index (χ1v) is 3.78. The van der Waals surface area contributed by atoms with Gasteiger partial charge in [0, 0.05) is 11.6 Å². The van der Waals surface area contributed by atoms with E-state index in [1.165, 1.54) is 7.11 Å². The molecule has 0 spiro atoms. The Hall–Kier alpha value is -1.84. The highest BCUT2D eigenvalue weighted by molar-refractivity contribution is 6.01. The molecule has 66 valence electrons. The Morgan fingerprint density at radius 3 is 3.15 bits per heavy atom. The van der Waals surface area contributed by atoms with E-state index in [4.69, 9.17) is 14.6 Å². The molecule has 0 aliphatic heterocycles. The summed E-state index contributed by atoms with van der Waals surface area (Å²) in [5, 5.41) is 8.38. The number of methoxy groups -OCH3 is 1. The molecule has 0 bridgehead atoms. The van der Waals surface area contributed by atoms with Crippen LogP contribution in [0.5, 0.6) is 0 Å². The highest BCUT2D eigenvalue weighted by atomic mass is 16.5. The second kappa shape index (κ2) is 2.90. The molecule has 0 aliphatic carbocycles. The first-order chi connectivity index (χ1) is 6.33. The van der Waals surface area contributed by atoms with Gasteiger partial charge in [-0.15, -0.1) is 0 Å². The fraction of sp³-hybridized carbons (Fsp3) is 0.111. The maximum Gasteiger partial charge on any atom is 0.236 e. The van der Waals surface area contributed by atoms with Crippen LogP contribution in [0, 0.1) is 5.41 Å². The molecule has 4 nitrogen and oxygen atoms in total. The second-order valence-corrected chi connectivity index (χ2v) is 2.53. The maximum absolute atomic E-state index is 7.45. The minimum Gasteiger partial charge on any atom is -0.480 e. The van der Waals surface area contributed by atoms with Crippen LogP contribution in [0.1, 0.15) is 5.69 Å². The van der Waals surface area contributed by atoms with Gasteiger partial charge in [-0.05, 0) is 12.1 Å². The number of nitrogens with one attached hydrogen (secondary N) is 1. The third-order valence-corrected chi connectivity index (χ3v) is 1.79. The van der Waals surface area contributed by atoms with Gasteiger partial charge in [-0.2, -0.15) is 0 Å². The Kier molecular flexibility index (Phi) is 1.73. The zero-order chi connectivity index (χ0) is 9.26. The van der Waals surface area contributed by atoms with Crippen LogP contribution in [0.4, 0.5) is 0 Å². The summed E-state index contributed by atoms with van der Waals surface area (Å²) in [6.07, 6.45) is 3.19. The van der Waals surface area contributed by atoms with E-state index in [0.29, 0.717) is 11.3 Å². The normalized spacial score (nSPS) is 10.2. The van der Waals surface area contributed by atoms with E-state index in [9.17, 15) is 0 Å². The molecule has 0 aliphatic rings. The summed E-state index contributed by atoms with van der Waals surface area (Å²) >= 11 is 0. The molecule has 2 aromatic rings. The minimum atomic E-state index is 0.0144. The molecule has 2 heterocycles. The molecule has 13 heavy (non-hydrogen) atoms. The monoisotopic (exact) mass is 176 g/mol. The lowest BCUT2D eigenvalue weighted by atomic mass is 10.2.